The van der Waals surface area contributed by atoms with E-state index in [1.165, 1.54) is 6.92 Å². The van der Waals surface area contributed by atoms with E-state index in [2.05, 4.69) is 10.3 Å². The normalized spacial score (nSPS) is 22.6. The molecule has 4 nitrogen and oxygen atoms in total. The van der Waals surface area contributed by atoms with E-state index < -0.39 is 0 Å². The highest BCUT2D eigenvalue weighted by Gasteiger charge is 2.32. The molecule has 2 heterocycles. The van der Waals surface area contributed by atoms with Crippen molar-refractivity contribution in [2.45, 2.75) is 20.4 Å². The average molecular weight is 326 g/mol. The van der Waals surface area contributed by atoms with Crippen molar-refractivity contribution in [3.05, 3.63) is 58.0 Å². The number of carbonyl (C=O) groups is 2. The first-order valence-electron chi connectivity index (χ1n) is 7.56. The Bertz CT molecular complexity index is 754. The summed E-state index contributed by atoms with van der Waals surface area (Å²) in [4.78, 5) is 29.6. The maximum Gasteiger partial charge on any atom is 0.247 e. The molecule has 0 saturated carbocycles. The van der Waals surface area contributed by atoms with Crippen LogP contribution in [0.5, 0.6) is 0 Å². The number of nitrogens with one attached hydrogen (secondary N) is 1. The number of hydrogen-bond donors (Lipinski definition) is 1. The first-order valence-corrected chi connectivity index (χ1v) is 8.44. The zero-order valence-electron chi connectivity index (χ0n) is 13.1. The van der Waals surface area contributed by atoms with Crippen molar-refractivity contribution < 1.29 is 9.59 Å². The number of amides is 1. The van der Waals surface area contributed by atoms with Crippen LogP contribution in [0.3, 0.4) is 0 Å². The Balaban J connectivity index is 1.75. The quantitative estimate of drug-likeness (QED) is 0.924. The van der Waals surface area contributed by atoms with Crippen LogP contribution in [0.2, 0.25) is 0 Å². The molecule has 5 heteroatoms. The minimum Gasteiger partial charge on any atom is -0.347 e. The summed E-state index contributed by atoms with van der Waals surface area (Å²) in [7, 11) is 0. The lowest BCUT2D eigenvalue weighted by molar-refractivity contribution is -0.118. The predicted octanol–water partition coefficient (Wildman–Crippen LogP) is 3.04. The van der Waals surface area contributed by atoms with Gasteiger partial charge in [0.15, 0.2) is 5.78 Å². The average Bonchev–Trinajstić information content (AvgIpc) is 3.15. The van der Waals surface area contributed by atoms with Gasteiger partial charge in [0.2, 0.25) is 5.91 Å². The third-order valence-electron chi connectivity index (χ3n) is 4.13. The van der Waals surface area contributed by atoms with E-state index in [0.717, 1.165) is 10.6 Å². The maximum absolute atomic E-state index is 12.5. The van der Waals surface area contributed by atoms with E-state index in [0.29, 0.717) is 17.8 Å². The van der Waals surface area contributed by atoms with Crippen LogP contribution in [0.25, 0.3) is 0 Å². The fourth-order valence-electron chi connectivity index (χ4n) is 2.81. The zero-order valence-corrected chi connectivity index (χ0v) is 13.9. The van der Waals surface area contributed by atoms with Crippen LogP contribution >= 0.6 is 11.3 Å². The van der Waals surface area contributed by atoms with E-state index >= 15 is 0 Å². The third-order valence-corrected chi connectivity index (χ3v) is 5.00. The van der Waals surface area contributed by atoms with Gasteiger partial charge in [0.1, 0.15) is 5.70 Å². The first-order chi connectivity index (χ1) is 11.1. The Morgan fingerprint density at radius 1 is 1.39 bits per heavy atom. The van der Waals surface area contributed by atoms with Gasteiger partial charge in [-0.15, -0.1) is 11.3 Å². The lowest BCUT2D eigenvalue weighted by atomic mass is 9.85. The Hall–Kier alpha value is -2.27. The minimum absolute atomic E-state index is 0.0219. The summed E-state index contributed by atoms with van der Waals surface area (Å²) in [6.45, 7) is 4.05. The van der Waals surface area contributed by atoms with E-state index in [9.17, 15) is 9.59 Å². The van der Waals surface area contributed by atoms with Gasteiger partial charge in [-0.25, -0.2) is 4.99 Å². The molecule has 2 atom stereocenters. The zero-order chi connectivity index (χ0) is 16.4. The molecule has 2 unspecified atom stereocenters. The van der Waals surface area contributed by atoms with Gasteiger partial charge < -0.3 is 5.32 Å². The predicted molar refractivity (Wildman–Crippen MR) is 92.2 cm³/mol. The molecule has 3 rings (SSSR count). The monoisotopic (exact) mass is 326 g/mol. The summed E-state index contributed by atoms with van der Waals surface area (Å²) >= 11 is 1.62. The molecule has 0 aromatic carbocycles. The number of rotatable bonds is 4. The van der Waals surface area contributed by atoms with E-state index in [1.54, 1.807) is 11.3 Å². The van der Waals surface area contributed by atoms with Crippen LogP contribution < -0.4 is 5.32 Å². The van der Waals surface area contributed by atoms with Gasteiger partial charge in [0.25, 0.3) is 0 Å². The SMILES string of the molecule is CC(=O)C1=CC2C(=N1)C=CC=C(C(=O)NCc1cccs1)C2C. The van der Waals surface area contributed by atoms with Gasteiger partial charge in [0.05, 0.1) is 6.54 Å². The molecule has 1 amide bonds. The Morgan fingerprint density at radius 3 is 2.91 bits per heavy atom. The molecule has 0 spiro atoms. The van der Waals surface area contributed by atoms with Crippen molar-refractivity contribution in [3.8, 4) is 0 Å². The van der Waals surface area contributed by atoms with Crippen LogP contribution in [0.4, 0.5) is 0 Å². The van der Waals surface area contributed by atoms with Gasteiger partial charge in [0, 0.05) is 29.0 Å². The highest BCUT2D eigenvalue weighted by molar-refractivity contribution is 7.09. The number of aliphatic imine (C=N–C) groups is 1. The number of allylic oxidation sites excluding steroid dienone is 5. The molecule has 2 aliphatic rings. The Labute approximate surface area is 139 Å². The lowest BCUT2D eigenvalue weighted by Gasteiger charge is -2.19. The summed E-state index contributed by atoms with van der Waals surface area (Å²) in [5.41, 5.74) is 2.05. The minimum atomic E-state index is -0.0681. The van der Waals surface area contributed by atoms with Crippen molar-refractivity contribution in [2.24, 2.45) is 16.8 Å². The van der Waals surface area contributed by atoms with Gasteiger partial charge in [-0.3, -0.25) is 9.59 Å². The van der Waals surface area contributed by atoms with Crippen molar-refractivity contribution in [1.29, 1.82) is 0 Å². The van der Waals surface area contributed by atoms with Crippen molar-refractivity contribution in [2.75, 3.05) is 0 Å². The lowest BCUT2D eigenvalue weighted by Crippen LogP contribution is -2.29. The largest absolute Gasteiger partial charge is 0.347 e. The molecule has 0 radical (unpaired) electrons. The maximum atomic E-state index is 12.5. The first kappa shape index (κ1) is 15.6. The van der Waals surface area contributed by atoms with Crippen LogP contribution in [-0.4, -0.2) is 17.4 Å². The van der Waals surface area contributed by atoms with Crippen LogP contribution in [-0.2, 0) is 16.1 Å². The topological polar surface area (TPSA) is 58.5 Å². The molecule has 118 valence electrons. The van der Waals surface area contributed by atoms with E-state index in [-0.39, 0.29) is 23.5 Å². The molecular weight excluding hydrogens is 308 g/mol. The van der Waals surface area contributed by atoms with Crippen molar-refractivity contribution >= 4 is 28.7 Å². The van der Waals surface area contributed by atoms with Crippen molar-refractivity contribution in [3.63, 3.8) is 0 Å². The number of hydrogen-bond acceptors (Lipinski definition) is 4. The fraction of sp³-hybridized carbons (Fsp3) is 0.278. The smallest absolute Gasteiger partial charge is 0.247 e. The molecule has 0 fully saturated rings. The van der Waals surface area contributed by atoms with Gasteiger partial charge in [-0.2, -0.15) is 0 Å². The van der Waals surface area contributed by atoms with Crippen molar-refractivity contribution in [1.82, 2.24) is 5.32 Å². The molecule has 0 bridgehead atoms. The number of ketones is 1. The van der Waals surface area contributed by atoms with Gasteiger partial charge >= 0.3 is 0 Å². The summed E-state index contributed by atoms with van der Waals surface area (Å²) in [6, 6.07) is 3.97. The van der Waals surface area contributed by atoms with Crippen LogP contribution in [0.1, 0.15) is 18.7 Å². The summed E-state index contributed by atoms with van der Waals surface area (Å²) in [5.74, 6) is -0.157. The molecular formula is C18H18N2O2S. The van der Waals surface area contributed by atoms with Crippen LogP contribution in [0.15, 0.2) is 58.1 Å². The summed E-state index contributed by atoms with van der Waals surface area (Å²) < 4.78 is 0. The molecule has 1 N–H and O–H groups in total. The number of nitrogens with zero attached hydrogens (tertiary/aromatic N) is 1. The van der Waals surface area contributed by atoms with E-state index in [1.807, 2.05) is 48.7 Å². The highest BCUT2D eigenvalue weighted by atomic mass is 32.1. The number of fused-ring (bicyclic) bond motifs is 1. The molecule has 23 heavy (non-hydrogen) atoms. The second-order valence-electron chi connectivity index (χ2n) is 5.70. The number of Topliss-reactive ketones (excluding diaryl/α,β-unsaturated/α-hetero) is 1. The van der Waals surface area contributed by atoms with E-state index in [4.69, 9.17) is 0 Å². The third kappa shape index (κ3) is 3.24. The molecule has 1 aliphatic carbocycles. The van der Waals surface area contributed by atoms with Gasteiger partial charge in [-0.1, -0.05) is 25.1 Å². The molecule has 1 aromatic heterocycles. The molecule has 1 aromatic rings. The number of carbonyl (C=O) groups excluding carboxylic acids is 2. The summed E-state index contributed by atoms with van der Waals surface area (Å²) in [5, 5.41) is 4.96. The molecule has 0 saturated heterocycles. The second kappa shape index (κ2) is 6.46. The molecule has 1 aliphatic heterocycles. The Morgan fingerprint density at radius 2 is 2.22 bits per heavy atom. The second-order valence-corrected chi connectivity index (χ2v) is 6.73. The summed E-state index contributed by atoms with van der Waals surface area (Å²) in [6.07, 6.45) is 7.44. The highest BCUT2D eigenvalue weighted by Crippen LogP contribution is 2.32. The van der Waals surface area contributed by atoms with Crippen LogP contribution in [0, 0.1) is 11.8 Å². The Kier molecular flexibility index (Phi) is 4.39. The number of thiophene rings is 1. The van der Waals surface area contributed by atoms with Gasteiger partial charge in [-0.05, 0) is 29.5 Å². The fourth-order valence-corrected chi connectivity index (χ4v) is 3.46. The standard InChI is InChI=1S/C18H18N2O2S/c1-11-14(18(22)19-10-13-5-4-8-23-13)6-3-7-16-15(11)9-17(20-16)12(2)21/h3-9,11,15H,10H2,1-2H3,(H,19,22).